The molecule has 20 heavy (non-hydrogen) atoms. The number of hydrogen-bond donors (Lipinski definition) is 2. The van der Waals surface area contributed by atoms with Crippen LogP contribution in [-0.4, -0.2) is 23.2 Å². The Labute approximate surface area is 121 Å². The molecule has 2 rings (SSSR count). The Morgan fingerprint density at radius 1 is 1.30 bits per heavy atom. The second-order valence-electron chi connectivity index (χ2n) is 4.14. The summed E-state index contributed by atoms with van der Waals surface area (Å²) in [7, 11) is -3.74. The van der Waals surface area contributed by atoms with Crippen molar-refractivity contribution in [3.8, 4) is 0 Å². The van der Waals surface area contributed by atoms with Crippen molar-refractivity contribution in [3.63, 3.8) is 0 Å². The smallest absolute Gasteiger partial charge is 0.264 e. The average Bonchev–Trinajstić information content (AvgIpc) is 2.89. The molecule has 0 unspecified atom stereocenters. The number of aromatic nitrogens is 3. The van der Waals surface area contributed by atoms with Crippen LogP contribution in [0, 0.1) is 0 Å². The zero-order chi connectivity index (χ0) is 14.8. The van der Waals surface area contributed by atoms with Gasteiger partial charge in [-0.15, -0.1) is 0 Å². The molecule has 0 aliphatic carbocycles. The maximum atomic E-state index is 12.4. The fourth-order valence-corrected chi connectivity index (χ4v) is 3.87. The highest BCUT2D eigenvalue weighted by Gasteiger charge is 2.22. The molecule has 0 spiro atoms. The van der Waals surface area contributed by atoms with E-state index in [-0.39, 0.29) is 10.0 Å². The number of nitrogen functional groups attached to an aromatic ring is 1. The fourth-order valence-electron chi connectivity index (χ4n) is 1.89. The zero-order valence-electron chi connectivity index (χ0n) is 11.1. The maximum Gasteiger partial charge on any atom is 0.264 e. The van der Waals surface area contributed by atoms with Gasteiger partial charge in [0, 0.05) is 17.2 Å². The Balaban J connectivity index is 2.52. The Morgan fingerprint density at radius 2 is 2.05 bits per heavy atom. The van der Waals surface area contributed by atoms with E-state index >= 15 is 0 Å². The molecule has 0 amide bonds. The van der Waals surface area contributed by atoms with Crippen LogP contribution >= 0.6 is 11.5 Å². The molecular formula is C11H15N5O2S2. The summed E-state index contributed by atoms with van der Waals surface area (Å²) in [6, 6.07) is 3.45. The highest BCUT2D eigenvalue weighted by molar-refractivity contribution is 7.93. The molecule has 1 heterocycles. The molecule has 0 bridgehead atoms. The van der Waals surface area contributed by atoms with Gasteiger partial charge < -0.3 is 5.73 Å². The van der Waals surface area contributed by atoms with E-state index in [1.165, 1.54) is 0 Å². The van der Waals surface area contributed by atoms with E-state index in [9.17, 15) is 8.42 Å². The number of nitrogens with one attached hydrogen (secondary N) is 1. The van der Waals surface area contributed by atoms with Crippen LogP contribution in [0.4, 0.5) is 10.8 Å². The molecule has 7 nitrogen and oxygen atoms in total. The average molecular weight is 313 g/mol. The van der Waals surface area contributed by atoms with Crippen LogP contribution in [0.25, 0.3) is 0 Å². The number of sulfonamides is 1. The Kier molecular flexibility index (Phi) is 4.19. The predicted molar refractivity (Wildman–Crippen MR) is 78.1 cm³/mol. The lowest BCUT2D eigenvalue weighted by Gasteiger charge is -2.13. The van der Waals surface area contributed by atoms with Gasteiger partial charge in [-0.3, -0.25) is 4.72 Å². The Morgan fingerprint density at radius 3 is 2.60 bits per heavy atom. The summed E-state index contributed by atoms with van der Waals surface area (Å²) >= 11 is 0.878. The number of anilines is 2. The summed E-state index contributed by atoms with van der Waals surface area (Å²) in [5.74, 6) is 0. The van der Waals surface area contributed by atoms with E-state index in [1.807, 2.05) is 19.9 Å². The molecule has 0 atom stereocenters. The number of aryl methyl sites for hydroxylation is 1. The molecule has 0 aliphatic rings. The Bertz CT molecular complexity index is 698. The molecule has 9 heteroatoms. The lowest BCUT2D eigenvalue weighted by Crippen LogP contribution is -2.16. The SMILES string of the molecule is CCc1cc(N)c(CC)c(S(=O)(=O)Nc2nnns2)c1. The van der Waals surface area contributed by atoms with Crippen molar-refractivity contribution in [2.75, 3.05) is 10.5 Å². The van der Waals surface area contributed by atoms with E-state index in [1.54, 1.807) is 6.07 Å². The van der Waals surface area contributed by atoms with Gasteiger partial charge in [0.2, 0.25) is 5.13 Å². The van der Waals surface area contributed by atoms with Crippen LogP contribution in [0.3, 0.4) is 0 Å². The van der Waals surface area contributed by atoms with E-state index in [0.29, 0.717) is 24.1 Å². The summed E-state index contributed by atoms with van der Waals surface area (Å²) in [4.78, 5) is 0.187. The number of rotatable bonds is 5. The van der Waals surface area contributed by atoms with Crippen LogP contribution in [0.5, 0.6) is 0 Å². The summed E-state index contributed by atoms with van der Waals surface area (Å²) in [6.45, 7) is 3.81. The van der Waals surface area contributed by atoms with Crippen LogP contribution in [0.2, 0.25) is 0 Å². The number of nitrogens with two attached hydrogens (primary N) is 1. The van der Waals surface area contributed by atoms with Crippen LogP contribution in [0.1, 0.15) is 25.0 Å². The van der Waals surface area contributed by atoms with E-state index < -0.39 is 10.0 Å². The van der Waals surface area contributed by atoms with E-state index in [2.05, 4.69) is 19.5 Å². The zero-order valence-corrected chi connectivity index (χ0v) is 12.8. The van der Waals surface area contributed by atoms with Gasteiger partial charge in [-0.1, -0.05) is 23.4 Å². The van der Waals surface area contributed by atoms with Gasteiger partial charge in [0.15, 0.2) is 0 Å². The van der Waals surface area contributed by atoms with Crippen molar-refractivity contribution >= 4 is 32.4 Å². The van der Waals surface area contributed by atoms with Gasteiger partial charge in [0.05, 0.1) is 4.90 Å². The van der Waals surface area contributed by atoms with E-state index in [4.69, 9.17) is 5.73 Å². The summed E-state index contributed by atoms with van der Waals surface area (Å²) in [5.41, 5.74) is 7.91. The summed E-state index contributed by atoms with van der Waals surface area (Å²) < 4.78 is 30.8. The van der Waals surface area contributed by atoms with Crippen molar-refractivity contribution in [2.45, 2.75) is 31.6 Å². The number of nitrogens with zero attached hydrogens (tertiary/aromatic N) is 3. The minimum atomic E-state index is -3.74. The van der Waals surface area contributed by atoms with Crippen LogP contribution < -0.4 is 10.5 Å². The molecule has 0 saturated heterocycles. The summed E-state index contributed by atoms with van der Waals surface area (Å²) in [6.07, 6.45) is 1.23. The van der Waals surface area contributed by atoms with Crippen LogP contribution in [0.15, 0.2) is 17.0 Å². The van der Waals surface area contributed by atoms with Gasteiger partial charge in [-0.2, -0.15) is 0 Å². The second kappa shape index (κ2) is 5.71. The normalized spacial score (nSPS) is 11.5. The first kappa shape index (κ1) is 14.7. The topological polar surface area (TPSA) is 111 Å². The third-order valence-corrected chi connectivity index (χ3v) is 4.92. The van der Waals surface area contributed by atoms with E-state index in [0.717, 1.165) is 17.1 Å². The third-order valence-electron chi connectivity index (χ3n) is 2.88. The molecule has 0 saturated carbocycles. The minimum Gasteiger partial charge on any atom is -0.398 e. The highest BCUT2D eigenvalue weighted by atomic mass is 32.2. The molecular weight excluding hydrogens is 298 g/mol. The lowest BCUT2D eigenvalue weighted by atomic mass is 10.1. The molecule has 1 aromatic heterocycles. The van der Waals surface area contributed by atoms with Gasteiger partial charge in [0.1, 0.15) is 0 Å². The Hall–Kier alpha value is -1.74. The summed E-state index contributed by atoms with van der Waals surface area (Å²) in [5, 5.41) is 7.08. The molecule has 0 aliphatic heterocycles. The van der Waals surface area contributed by atoms with Gasteiger partial charge >= 0.3 is 0 Å². The predicted octanol–water partition coefficient (Wildman–Crippen LogP) is 1.44. The monoisotopic (exact) mass is 313 g/mol. The van der Waals surface area contributed by atoms with Crippen LogP contribution in [-0.2, 0) is 22.9 Å². The van der Waals surface area contributed by atoms with Crippen molar-refractivity contribution in [1.82, 2.24) is 14.8 Å². The molecule has 0 fully saturated rings. The number of benzene rings is 1. The van der Waals surface area contributed by atoms with Crippen molar-refractivity contribution in [1.29, 1.82) is 0 Å². The second-order valence-corrected chi connectivity index (χ2v) is 6.53. The van der Waals surface area contributed by atoms with Gasteiger partial charge in [0.25, 0.3) is 10.0 Å². The quantitative estimate of drug-likeness (QED) is 0.808. The van der Waals surface area contributed by atoms with Crippen molar-refractivity contribution < 1.29 is 8.42 Å². The fraction of sp³-hybridized carbons (Fsp3) is 0.364. The van der Waals surface area contributed by atoms with Gasteiger partial charge in [-0.25, -0.2) is 8.42 Å². The first-order valence-electron chi connectivity index (χ1n) is 6.07. The molecule has 108 valence electrons. The first-order chi connectivity index (χ1) is 9.47. The molecule has 0 radical (unpaired) electrons. The standard InChI is InChI=1S/C11H15N5O2S2/c1-3-7-5-9(12)8(4-2)10(6-7)20(17,18)14-11-13-15-16-19-11/h5-6H,3-4,12H2,1-2H3,(H,13,14,16). The largest absolute Gasteiger partial charge is 0.398 e. The number of hydrogen-bond acceptors (Lipinski definition) is 7. The first-order valence-corrected chi connectivity index (χ1v) is 8.32. The maximum absolute atomic E-state index is 12.4. The lowest BCUT2D eigenvalue weighted by molar-refractivity contribution is 0.600. The highest BCUT2D eigenvalue weighted by Crippen LogP contribution is 2.27. The molecule has 3 N–H and O–H groups in total. The molecule has 1 aromatic carbocycles. The third kappa shape index (κ3) is 2.88. The van der Waals surface area contributed by atoms with Crippen molar-refractivity contribution in [2.24, 2.45) is 0 Å². The molecule has 2 aromatic rings. The minimum absolute atomic E-state index is 0.132. The van der Waals surface area contributed by atoms with Gasteiger partial charge in [-0.05, 0) is 41.3 Å². The van der Waals surface area contributed by atoms with Crippen molar-refractivity contribution in [3.05, 3.63) is 23.3 Å².